The van der Waals surface area contributed by atoms with E-state index in [-0.39, 0.29) is 163 Å². The molecule has 4 aliphatic rings. The fourth-order valence-electron chi connectivity index (χ4n) is 7.39. The molecule has 2 fully saturated rings. The van der Waals surface area contributed by atoms with Crippen LogP contribution in [-0.4, -0.2) is 54.6 Å². The smallest absolute Gasteiger partial charge is 1.00 e. The topological polar surface area (TPSA) is 120 Å². The molecule has 0 aromatic heterocycles. The van der Waals surface area contributed by atoms with Crippen molar-refractivity contribution >= 4 is 37.3 Å². The fraction of sp³-hybridized carbons (Fsp3) is 0.425. The Bertz CT molecular complexity index is 1910. The Morgan fingerprint density at radius 1 is 0.741 bits per heavy atom. The van der Waals surface area contributed by atoms with Gasteiger partial charge in [0.2, 0.25) is 0 Å². The number of hydrogen-bond donors (Lipinski definition) is 0. The zero-order chi connectivity index (χ0) is 38.3. The van der Waals surface area contributed by atoms with Crippen molar-refractivity contribution in [1.82, 2.24) is 0 Å². The number of methoxy groups -OCH3 is 4. The summed E-state index contributed by atoms with van der Waals surface area (Å²) >= 11 is 0. The van der Waals surface area contributed by atoms with Crippen LogP contribution < -0.4 is 118 Å². The van der Waals surface area contributed by atoms with E-state index in [1.807, 2.05) is 0 Å². The molecule has 4 unspecified atom stereocenters. The molecule has 4 aliphatic carbocycles. The van der Waals surface area contributed by atoms with Crippen LogP contribution >= 0.6 is 0 Å². The molecule has 0 heterocycles. The third-order valence-corrected chi connectivity index (χ3v) is 10.5. The minimum Gasteiger partial charge on any atom is -1.00 e. The first-order chi connectivity index (χ1) is 24.8. The van der Waals surface area contributed by atoms with E-state index >= 15 is 4.39 Å². The van der Waals surface area contributed by atoms with Gasteiger partial charge < -0.3 is 30.5 Å². The van der Waals surface area contributed by atoms with Gasteiger partial charge in [0.05, 0.1) is 50.7 Å². The van der Waals surface area contributed by atoms with E-state index in [0.29, 0.717) is 39.5 Å². The number of carbonyl (C=O) groups is 3. The molecule has 0 aliphatic heterocycles. The molecule has 4 atom stereocenters. The van der Waals surface area contributed by atoms with Gasteiger partial charge in [0, 0.05) is 34.8 Å². The molecule has 2 aromatic carbocycles. The fourth-order valence-corrected chi connectivity index (χ4v) is 7.91. The van der Waals surface area contributed by atoms with Gasteiger partial charge in [0.15, 0.2) is 11.6 Å². The third-order valence-electron chi connectivity index (χ3n) is 9.61. The van der Waals surface area contributed by atoms with Crippen LogP contribution in [0.15, 0.2) is 35.8 Å². The maximum absolute atomic E-state index is 15.1. The van der Waals surface area contributed by atoms with E-state index in [4.69, 9.17) is 35.4 Å². The number of terminal acetylenes is 1. The first kappa shape index (κ1) is 48.5. The summed E-state index contributed by atoms with van der Waals surface area (Å²) in [5.74, 6) is 6.38. The average Bonchev–Trinajstić information content (AvgIpc) is 3.77. The zero-order valence-electron chi connectivity index (χ0n) is 33.4. The minimum atomic E-state index is -1.58. The Morgan fingerprint density at radius 2 is 1.13 bits per heavy atom. The molecule has 9 nitrogen and oxygen atoms in total. The summed E-state index contributed by atoms with van der Waals surface area (Å²) < 4.78 is 51.4. The molecule has 278 valence electrons. The molecule has 4 bridgehead atoms. The van der Waals surface area contributed by atoms with Crippen molar-refractivity contribution in [1.29, 1.82) is 0 Å². The van der Waals surface area contributed by atoms with Crippen LogP contribution in [-0.2, 0) is 28.7 Å². The normalized spacial score (nSPS) is 20.6. The molecule has 0 N–H and O–H groups in total. The Hall–Kier alpha value is -1.64. The van der Waals surface area contributed by atoms with Gasteiger partial charge in [-0.1, -0.05) is 31.5 Å². The number of ether oxygens (including phenoxy) is 4. The number of carbonyl (C=O) groups excluding carboxylic acids is 3. The van der Waals surface area contributed by atoms with Gasteiger partial charge in [-0.2, -0.15) is 0 Å². The molecule has 2 saturated carbocycles. The second kappa shape index (κ2) is 21.8. The van der Waals surface area contributed by atoms with Crippen molar-refractivity contribution in [2.75, 3.05) is 28.4 Å². The maximum atomic E-state index is 15.1. The average molecular weight is 813 g/mol. The maximum Gasteiger partial charge on any atom is 1.00 e. The number of fused-ring (bicyclic) bond motifs is 4. The summed E-state index contributed by atoms with van der Waals surface area (Å²) in [5, 5.41) is 8.43. The number of hydrogen-bond acceptors (Lipinski definition) is 9. The van der Waals surface area contributed by atoms with Crippen molar-refractivity contribution in [3.8, 4) is 35.3 Å². The second-order valence-corrected chi connectivity index (χ2v) is 18.7. The standard InChI is InChI=1S/C21H25FO3Si.C18H17FO3.CH2O3.2K.H/c1-24-17-11-13(8-9-26(3,4)5)10-16(22)18(17)19-20(23)14-6-7-15(12-14)21(19)25-2;1-4-10-7-13(19)15(14(8-10)21-2)16-17(20)11-5-6-12(9-11)18(16)22-3;2-1-4-3;;;/h10-11,14-15H,6-7,12H2,1-5H3;1,7-8,11-12H,5-6,9H2,2-3H3;1,3H;;;/q;;;2*+1;-1/p-1. The summed E-state index contributed by atoms with van der Waals surface area (Å²) in [6, 6.07) is 5.94. The van der Waals surface area contributed by atoms with Crippen molar-refractivity contribution in [3.05, 3.63) is 69.7 Å². The van der Waals surface area contributed by atoms with Crippen LogP contribution in [0.1, 0.15) is 62.2 Å². The number of benzene rings is 2. The Balaban J connectivity index is 0.000000482. The van der Waals surface area contributed by atoms with Gasteiger partial charge in [-0.05, 0) is 62.8 Å². The number of ketones is 2. The first-order valence-corrected chi connectivity index (χ1v) is 20.4. The molecular formula is C40H44F2K2O9Si. The number of allylic oxidation sites excluding steroid dienone is 4. The Kier molecular flexibility index (Phi) is 19.6. The van der Waals surface area contributed by atoms with Gasteiger partial charge in [-0.15, -0.1) is 12.0 Å². The van der Waals surface area contributed by atoms with Crippen LogP contribution in [0.25, 0.3) is 11.1 Å². The number of Topliss-reactive ketones (excluding diaryl/α,β-unsaturated/α-hetero) is 2. The molecule has 14 heteroatoms. The molecule has 2 aromatic rings. The molecule has 6 rings (SSSR count). The van der Waals surface area contributed by atoms with Crippen molar-refractivity contribution in [3.63, 3.8) is 0 Å². The van der Waals surface area contributed by atoms with Crippen LogP contribution in [0.5, 0.6) is 11.5 Å². The molecule has 0 radical (unpaired) electrons. The first-order valence-electron chi connectivity index (χ1n) is 16.9. The van der Waals surface area contributed by atoms with E-state index in [1.54, 1.807) is 19.2 Å². The van der Waals surface area contributed by atoms with Gasteiger partial charge in [-0.25, -0.2) is 8.78 Å². The number of rotatable bonds is 7. The summed E-state index contributed by atoms with van der Waals surface area (Å²) in [7, 11) is 4.43. The largest absolute Gasteiger partial charge is 1.00 e. The van der Waals surface area contributed by atoms with Gasteiger partial charge >= 0.3 is 103 Å². The monoisotopic (exact) mass is 812 g/mol. The quantitative estimate of drug-likeness (QED) is 0.127. The second-order valence-electron chi connectivity index (χ2n) is 13.9. The van der Waals surface area contributed by atoms with Crippen LogP contribution in [0.2, 0.25) is 19.6 Å². The van der Waals surface area contributed by atoms with Gasteiger partial charge in [0.25, 0.3) is 6.47 Å². The summed E-state index contributed by atoms with van der Waals surface area (Å²) in [4.78, 5) is 36.9. The van der Waals surface area contributed by atoms with Crippen molar-refractivity contribution in [2.45, 2.75) is 58.2 Å². The van der Waals surface area contributed by atoms with Gasteiger partial charge in [0.1, 0.15) is 42.7 Å². The zero-order valence-corrected chi connectivity index (χ0v) is 39.7. The number of halogens is 2. The Morgan fingerprint density at radius 3 is 1.48 bits per heavy atom. The van der Waals surface area contributed by atoms with E-state index in [2.05, 4.69) is 41.9 Å². The van der Waals surface area contributed by atoms with Crippen LogP contribution in [0.3, 0.4) is 0 Å². The molecule has 54 heavy (non-hydrogen) atoms. The van der Waals surface area contributed by atoms with E-state index in [9.17, 15) is 14.0 Å². The van der Waals surface area contributed by atoms with E-state index in [1.165, 1.54) is 33.5 Å². The Labute approximate surface area is 403 Å². The predicted octanol–water partition coefficient (Wildman–Crippen LogP) is 0.147. The molecular weight excluding hydrogens is 769 g/mol. The van der Waals surface area contributed by atoms with Crippen molar-refractivity contribution in [2.24, 2.45) is 23.7 Å². The van der Waals surface area contributed by atoms with E-state index < -0.39 is 19.7 Å². The summed E-state index contributed by atoms with van der Waals surface area (Å²) in [6.07, 6.45) is 10.4. The SMILES string of the molecule is C#Cc1cc(F)c(C2=C(OC)C3CCC(C3)C2=O)c(OC)c1.COC1=C(c2c(F)cc(C#C[Si](C)(C)C)cc2OC)C(=O)C2CCC1C2.O=CO[O-].[H-].[K+].[K+]. The summed E-state index contributed by atoms with van der Waals surface area (Å²) in [6.45, 7) is 6.22. The molecule has 0 saturated heterocycles. The van der Waals surface area contributed by atoms with Crippen LogP contribution in [0, 0.1) is 59.1 Å². The van der Waals surface area contributed by atoms with Crippen LogP contribution in [0.4, 0.5) is 8.78 Å². The third kappa shape index (κ3) is 11.1. The van der Waals surface area contributed by atoms with E-state index in [0.717, 1.165) is 38.5 Å². The van der Waals surface area contributed by atoms with Crippen molar-refractivity contribution < 1.29 is 156 Å². The molecule has 0 amide bonds. The molecule has 0 spiro atoms. The predicted molar refractivity (Wildman–Crippen MR) is 192 cm³/mol. The summed E-state index contributed by atoms with van der Waals surface area (Å²) in [5.41, 5.74) is 5.23. The minimum absolute atomic E-state index is 0. The van der Waals surface area contributed by atoms with Gasteiger partial charge in [-0.3, -0.25) is 14.4 Å².